The molecule has 0 fully saturated rings. The second kappa shape index (κ2) is 4.25. The Morgan fingerprint density at radius 2 is 2.18 bits per heavy atom. The zero-order valence-corrected chi connectivity index (χ0v) is 7.10. The van der Waals surface area contributed by atoms with E-state index >= 15 is 0 Å². The van der Waals surface area contributed by atoms with E-state index in [1.165, 1.54) is 11.8 Å². The monoisotopic (exact) mass is 176 g/mol. The molecule has 0 aromatic rings. The molecule has 0 amide bonds. The Morgan fingerprint density at radius 3 is 2.45 bits per heavy atom. The molecule has 0 rings (SSSR count). The van der Waals surface area contributed by atoms with E-state index in [0.29, 0.717) is 5.03 Å². The topological polar surface area (TPSA) is 89.3 Å². The summed E-state index contributed by atoms with van der Waals surface area (Å²) >= 11 is 1.17. The van der Waals surface area contributed by atoms with Gasteiger partial charge in [0.1, 0.15) is 6.04 Å². The van der Waals surface area contributed by atoms with Crippen LogP contribution in [0.2, 0.25) is 0 Å². The standard InChI is InChI=1S/C6H12N2O2S/c1-3(11-4(2)7)5(8)6(9)10/h3,5H,2,7-8H2,1H3,(H,9,10)/t3-,5+/m1/s1. The first-order valence-electron chi connectivity index (χ1n) is 3.04. The Kier molecular flexibility index (Phi) is 3.99. The maximum atomic E-state index is 10.3. The third-order valence-electron chi connectivity index (χ3n) is 1.13. The van der Waals surface area contributed by atoms with Crippen LogP contribution in [0.1, 0.15) is 6.92 Å². The molecule has 2 atom stereocenters. The van der Waals surface area contributed by atoms with Gasteiger partial charge < -0.3 is 16.6 Å². The Balaban J connectivity index is 3.92. The maximum Gasteiger partial charge on any atom is 0.321 e. The molecule has 0 aliphatic heterocycles. The molecule has 0 saturated heterocycles. The molecule has 0 spiro atoms. The summed E-state index contributed by atoms with van der Waals surface area (Å²) < 4.78 is 0. The largest absolute Gasteiger partial charge is 0.480 e. The first-order valence-corrected chi connectivity index (χ1v) is 3.92. The Hall–Kier alpha value is -0.680. The normalized spacial score (nSPS) is 15.5. The summed E-state index contributed by atoms with van der Waals surface area (Å²) in [5, 5.41) is 8.59. The van der Waals surface area contributed by atoms with E-state index in [1.54, 1.807) is 6.92 Å². The van der Waals surface area contributed by atoms with Gasteiger partial charge in [0, 0.05) is 5.25 Å². The Morgan fingerprint density at radius 1 is 1.73 bits per heavy atom. The fourth-order valence-electron chi connectivity index (χ4n) is 0.513. The number of carboxylic acid groups (broad SMARTS) is 1. The van der Waals surface area contributed by atoms with Crippen LogP contribution >= 0.6 is 11.8 Å². The van der Waals surface area contributed by atoms with Gasteiger partial charge in [-0.05, 0) is 0 Å². The summed E-state index contributed by atoms with van der Waals surface area (Å²) in [6, 6.07) is -0.889. The van der Waals surface area contributed by atoms with E-state index in [4.69, 9.17) is 16.6 Å². The average Bonchev–Trinajstić information content (AvgIpc) is 1.84. The van der Waals surface area contributed by atoms with Crippen LogP contribution in [0, 0.1) is 0 Å². The fraction of sp³-hybridized carbons (Fsp3) is 0.500. The van der Waals surface area contributed by atoms with Crippen LogP contribution < -0.4 is 11.5 Å². The molecular formula is C6H12N2O2S. The molecule has 0 aliphatic rings. The van der Waals surface area contributed by atoms with E-state index in [2.05, 4.69) is 6.58 Å². The van der Waals surface area contributed by atoms with Crippen molar-refractivity contribution in [2.24, 2.45) is 11.5 Å². The molecule has 0 radical (unpaired) electrons. The van der Waals surface area contributed by atoms with E-state index in [9.17, 15) is 4.79 Å². The van der Waals surface area contributed by atoms with Gasteiger partial charge >= 0.3 is 5.97 Å². The number of nitrogens with two attached hydrogens (primary N) is 2. The van der Waals surface area contributed by atoms with Gasteiger partial charge in [0.05, 0.1) is 5.03 Å². The summed E-state index contributed by atoms with van der Waals surface area (Å²) in [4.78, 5) is 10.3. The number of hydrogen-bond acceptors (Lipinski definition) is 4. The van der Waals surface area contributed by atoms with Crippen molar-refractivity contribution in [2.75, 3.05) is 0 Å². The minimum Gasteiger partial charge on any atom is -0.480 e. The van der Waals surface area contributed by atoms with Crippen LogP contribution in [0.25, 0.3) is 0 Å². The van der Waals surface area contributed by atoms with Crippen LogP contribution in [0.15, 0.2) is 11.6 Å². The van der Waals surface area contributed by atoms with Crippen molar-refractivity contribution in [3.8, 4) is 0 Å². The Bertz CT molecular complexity index is 172. The highest BCUT2D eigenvalue weighted by atomic mass is 32.2. The van der Waals surface area contributed by atoms with Crippen LogP contribution in [0.5, 0.6) is 0 Å². The van der Waals surface area contributed by atoms with E-state index in [-0.39, 0.29) is 5.25 Å². The predicted octanol–water partition coefficient (Wildman–Crippen LogP) is -0.0501. The first-order chi connectivity index (χ1) is 4.95. The number of carbonyl (C=O) groups is 1. The van der Waals surface area contributed by atoms with Gasteiger partial charge in [-0.25, -0.2) is 0 Å². The van der Waals surface area contributed by atoms with Crippen LogP contribution in [-0.2, 0) is 4.79 Å². The van der Waals surface area contributed by atoms with Crippen molar-refractivity contribution >= 4 is 17.7 Å². The summed E-state index contributed by atoms with van der Waals surface area (Å²) in [7, 11) is 0. The smallest absolute Gasteiger partial charge is 0.321 e. The van der Waals surface area contributed by atoms with Gasteiger partial charge in [-0.1, -0.05) is 13.5 Å². The highest BCUT2D eigenvalue weighted by Gasteiger charge is 2.20. The lowest BCUT2D eigenvalue weighted by molar-refractivity contribution is -0.138. The van der Waals surface area contributed by atoms with Crippen molar-refractivity contribution < 1.29 is 9.90 Å². The molecule has 5 heteroatoms. The molecule has 0 aromatic carbocycles. The summed E-state index contributed by atoms with van der Waals surface area (Å²) in [6.07, 6.45) is 0. The van der Waals surface area contributed by atoms with Gasteiger partial charge in [-0.15, -0.1) is 11.8 Å². The SMILES string of the molecule is C=C(N)S[C@H](C)[C@H](N)C(=O)O. The van der Waals surface area contributed by atoms with Gasteiger partial charge in [0.2, 0.25) is 0 Å². The van der Waals surface area contributed by atoms with Crippen molar-refractivity contribution in [3.05, 3.63) is 11.6 Å². The number of rotatable bonds is 4. The molecule has 0 bridgehead atoms. The minimum absolute atomic E-state index is 0.245. The van der Waals surface area contributed by atoms with E-state index in [1.807, 2.05) is 0 Å². The zero-order chi connectivity index (χ0) is 9.02. The second-order valence-corrected chi connectivity index (χ2v) is 3.66. The number of carboxylic acids is 1. The first kappa shape index (κ1) is 10.3. The minimum atomic E-state index is -1.02. The highest BCUT2D eigenvalue weighted by Crippen LogP contribution is 2.17. The molecular weight excluding hydrogens is 164 g/mol. The van der Waals surface area contributed by atoms with Crippen LogP contribution in [0.3, 0.4) is 0 Å². The molecule has 0 aliphatic carbocycles. The fourth-order valence-corrected chi connectivity index (χ4v) is 1.25. The number of thioether (sulfide) groups is 1. The molecule has 4 nitrogen and oxygen atoms in total. The van der Waals surface area contributed by atoms with Crippen molar-refractivity contribution in [2.45, 2.75) is 18.2 Å². The van der Waals surface area contributed by atoms with Crippen LogP contribution in [0.4, 0.5) is 0 Å². The number of aliphatic carboxylic acids is 1. The molecule has 0 heterocycles. The van der Waals surface area contributed by atoms with Crippen LogP contribution in [-0.4, -0.2) is 22.4 Å². The van der Waals surface area contributed by atoms with Gasteiger partial charge in [0.15, 0.2) is 0 Å². The van der Waals surface area contributed by atoms with Crippen molar-refractivity contribution in [1.29, 1.82) is 0 Å². The molecule has 11 heavy (non-hydrogen) atoms. The summed E-state index contributed by atoms with van der Waals surface area (Å²) in [6.45, 7) is 5.13. The highest BCUT2D eigenvalue weighted by molar-refractivity contribution is 8.03. The van der Waals surface area contributed by atoms with E-state index < -0.39 is 12.0 Å². The Labute approximate surface area is 69.6 Å². The molecule has 5 N–H and O–H groups in total. The van der Waals surface area contributed by atoms with E-state index in [0.717, 1.165) is 0 Å². The molecule has 0 saturated carbocycles. The zero-order valence-electron chi connectivity index (χ0n) is 6.28. The predicted molar refractivity (Wildman–Crippen MR) is 46.0 cm³/mol. The van der Waals surface area contributed by atoms with Gasteiger partial charge in [0.25, 0.3) is 0 Å². The van der Waals surface area contributed by atoms with Gasteiger partial charge in [-0.3, -0.25) is 4.79 Å². The van der Waals surface area contributed by atoms with Gasteiger partial charge in [-0.2, -0.15) is 0 Å². The average molecular weight is 176 g/mol. The maximum absolute atomic E-state index is 10.3. The molecule has 0 aromatic heterocycles. The third-order valence-corrected chi connectivity index (χ3v) is 2.10. The third kappa shape index (κ3) is 3.90. The second-order valence-electron chi connectivity index (χ2n) is 2.15. The molecule has 0 unspecified atom stereocenters. The summed E-state index contributed by atoms with van der Waals surface area (Å²) in [5.41, 5.74) is 10.5. The lowest BCUT2D eigenvalue weighted by atomic mass is 10.2. The summed E-state index contributed by atoms with van der Waals surface area (Å²) in [5.74, 6) is -1.02. The molecule has 64 valence electrons. The van der Waals surface area contributed by atoms with Crippen molar-refractivity contribution in [3.63, 3.8) is 0 Å². The lowest BCUT2D eigenvalue weighted by Gasteiger charge is -2.14. The number of hydrogen-bond donors (Lipinski definition) is 3. The quantitative estimate of drug-likeness (QED) is 0.559. The van der Waals surface area contributed by atoms with Crippen molar-refractivity contribution in [1.82, 2.24) is 0 Å². The lowest BCUT2D eigenvalue weighted by Crippen LogP contribution is -2.38.